The van der Waals surface area contributed by atoms with Crippen molar-refractivity contribution in [1.82, 2.24) is 4.98 Å². The number of fused-ring (bicyclic) bond motifs is 1. The summed E-state index contributed by atoms with van der Waals surface area (Å²) in [6, 6.07) is 6.92. The normalized spacial score (nSPS) is 10.4. The Bertz CT molecular complexity index is 550. The molecule has 82 valence electrons. The summed E-state index contributed by atoms with van der Waals surface area (Å²) in [5.41, 5.74) is 0.281. The first-order chi connectivity index (χ1) is 7.59. The molecule has 1 heterocycles. The van der Waals surface area contributed by atoms with Gasteiger partial charge in [-0.15, -0.1) is 0 Å². The minimum atomic E-state index is -0.921. The molecule has 0 amide bonds. The Labute approximate surface area is 93.1 Å². The van der Waals surface area contributed by atoms with E-state index < -0.39 is 5.97 Å². The average molecular weight is 216 g/mol. The van der Waals surface area contributed by atoms with E-state index in [9.17, 15) is 4.79 Å². The molecule has 0 aliphatic rings. The van der Waals surface area contributed by atoms with Crippen LogP contribution in [0.5, 0.6) is 0 Å². The largest absolute Gasteiger partial charge is 0.478 e. The molecule has 4 heteroatoms. The van der Waals surface area contributed by atoms with Crippen LogP contribution in [0.4, 0.5) is 5.82 Å². The van der Waals surface area contributed by atoms with Crippen LogP contribution in [0.3, 0.4) is 0 Å². The number of carboxylic acids is 1. The molecule has 0 spiro atoms. The fourth-order valence-corrected chi connectivity index (χ4v) is 1.64. The van der Waals surface area contributed by atoms with Gasteiger partial charge in [0.05, 0.1) is 5.56 Å². The van der Waals surface area contributed by atoms with Gasteiger partial charge in [0.25, 0.3) is 0 Å². The number of hydrogen-bond acceptors (Lipinski definition) is 3. The van der Waals surface area contributed by atoms with E-state index in [1.54, 1.807) is 24.4 Å². The molecule has 1 aromatic carbocycles. The molecule has 0 aliphatic heterocycles. The highest BCUT2D eigenvalue weighted by atomic mass is 16.4. The monoisotopic (exact) mass is 216 g/mol. The van der Waals surface area contributed by atoms with Crippen LogP contribution in [-0.2, 0) is 0 Å². The van der Waals surface area contributed by atoms with Gasteiger partial charge >= 0.3 is 5.97 Å². The van der Waals surface area contributed by atoms with Crippen molar-refractivity contribution in [3.8, 4) is 0 Å². The van der Waals surface area contributed by atoms with Crippen molar-refractivity contribution in [3.05, 3.63) is 36.0 Å². The van der Waals surface area contributed by atoms with Gasteiger partial charge in [-0.25, -0.2) is 9.78 Å². The zero-order valence-corrected chi connectivity index (χ0v) is 9.14. The molecule has 0 aliphatic carbocycles. The van der Waals surface area contributed by atoms with E-state index in [0.29, 0.717) is 0 Å². The van der Waals surface area contributed by atoms with Crippen LogP contribution in [0.25, 0.3) is 10.8 Å². The lowest BCUT2D eigenvalue weighted by molar-refractivity contribution is 0.0697. The van der Waals surface area contributed by atoms with Crippen LogP contribution in [0.1, 0.15) is 10.4 Å². The first-order valence-electron chi connectivity index (χ1n) is 4.89. The number of carboxylic acid groups (broad SMARTS) is 1. The summed E-state index contributed by atoms with van der Waals surface area (Å²) in [6.07, 6.45) is 1.72. The lowest BCUT2D eigenvalue weighted by Gasteiger charge is -2.13. The predicted octanol–water partition coefficient (Wildman–Crippen LogP) is 2.00. The van der Waals surface area contributed by atoms with Gasteiger partial charge in [-0.2, -0.15) is 0 Å². The van der Waals surface area contributed by atoms with Gasteiger partial charge in [-0.3, -0.25) is 0 Å². The molecule has 0 atom stereocenters. The lowest BCUT2D eigenvalue weighted by Crippen LogP contribution is -2.11. The number of hydrogen-bond donors (Lipinski definition) is 1. The van der Waals surface area contributed by atoms with Crippen molar-refractivity contribution in [2.45, 2.75) is 0 Å². The third kappa shape index (κ3) is 1.69. The minimum Gasteiger partial charge on any atom is -0.478 e. The molecule has 0 radical (unpaired) electrons. The molecule has 0 unspecified atom stereocenters. The number of pyridine rings is 1. The molecule has 16 heavy (non-hydrogen) atoms. The summed E-state index contributed by atoms with van der Waals surface area (Å²) in [7, 11) is 3.77. The maximum absolute atomic E-state index is 10.9. The Morgan fingerprint density at radius 3 is 2.69 bits per heavy atom. The number of benzene rings is 1. The lowest BCUT2D eigenvalue weighted by atomic mass is 10.1. The second kappa shape index (κ2) is 3.81. The highest BCUT2D eigenvalue weighted by Crippen LogP contribution is 2.23. The van der Waals surface area contributed by atoms with Gasteiger partial charge in [0.15, 0.2) is 0 Å². The van der Waals surface area contributed by atoms with E-state index in [0.717, 1.165) is 16.6 Å². The molecule has 0 fully saturated rings. The SMILES string of the molecule is CN(C)c1nccc2ccc(C(=O)O)cc12. The average Bonchev–Trinajstić information content (AvgIpc) is 2.27. The molecule has 2 aromatic rings. The van der Waals surface area contributed by atoms with E-state index in [2.05, 4.69) is 4.98 Å². The molecule has 0 saturated heterocycles. The first-order valence-corrected chi connectivity index (χ1v) is 4.89. The van der Waals surface area contributed by atoms with Crippen LogP contribution in [0.2, 0.25) is 0 Å². The number of anilines is 1. The number of carbonyl (C=O) groups is 1. The maximum atomic E-state index is 10.9. The van der Waals surface area contributed by atoms with E-state index in [1.807, 2.05) is 25.1 Å². The van der Waals surface area contributed by atoms with E-state index >= 15 is 0 Å². The molecule has 1 aromatic heterocycles. The summed E-state index contributed by atoms with van der Waals surface area (Å²) in [5, 5.41) is 10.8. The van der Waals surface area contributed by atoms with Crippen LogP contribution in [-0.4, -0.2) is 30.2 Å². The van der Waals surface area contributed by atoms with Crippen LogP contribution in [0, 0.1) is 0 Å². The van der Waals surface area contributed by atoms with Gasteiger partial charge in [-0.1, -0.05) is 6.07 Å². The van der Waals surface area contributed by atoms with Crippen molar-refractivity contribution >= 4 is 22.6 Å². The third-order valence-electron chi connectivity index (χ3n) is 2.42. The summed E-state index contributed by atoms with van der Waals surface area (Å²) in [4.78, 5) is 17.0. The quantitative estimate of drug-likeness (QED) is 0.834. The fraction of sp³-hybridized carbons (Fsp3) is 0.167. The molecule has 2 rings (SSSR count). The third-order valence-corrected chi connectivity index (χ3v) is 2.42. The van der Waals surface area contributed by atoms with Crippen LogP contribution in [0.15, 0.2) is 30.5 Å². The highest BCUT2D eigenvalue weighted by Gasteiger charge is 2.08. The topological polar surface area (TPSA) is 53.4 Å². The summed E-state index contributed by atoms with van der Waals surface area (Å²) in [6.45, 7) is 0. The van der Waals surface area contributed by atoms with Gasteiger partial charge in [-0.05, 0) is 23.6 Å². The standard InChI is InChI=1S/C12H12N2O2/c1-14(2)11-10-7-9(12(15)16)4-3-8(10)5-6-13-11/h3-7H,1-2H3,(H,15,16). The van der Waals surface area contributed by atoms with E-state index in [4.69, 9.17) is 5.11 Å². The minimum absolute atomic E-state index is 0.281. The zero-order chi connectivity index (χ0) is 11.7. The summed E-state index contributed by atoms with van der Waals surface area (Å²) in [5.74, 6) is -0.143. The van der Waals surface area contributed by atoms with Crippen molar-refractivity contribution in [3.63, 3.8) is 0 Å². The van der Waals surface area contributed by atoms with Gasteiger partial charge in [0, 0.05) is 25.7 Å². The summed E-state index contributed by atoms with van der Waals surface area (Å²) >= 11 is 0. The smallest absolute Gasteiger partial charge is 0.335 e. The second-order valence-corrected chi connectivity index (χ2v) is 3.77. The Kier molecular flexibility index (Phi) is 2.48. The van der Waals surface area contributed by atoms with Crippen molar-refractivity contribution in [2.24, 2.45) is 0 Å². The molecular formula is C12H12N2O2. The number of aromatic nitrogens is 1. The Morgan fingerprint density at radius 2 is 2.06 bits per heavy atom. The maximum Gasteiger partial charge on any atom is 0.335 e. The van der Waals surface area contributed by atoms with Gasteiger partial charge < -0.3 is 10.0 Å². The molecule has 0 bridgehead atoms. The van der Waals surface area contributed by atoms with E-state index in [-0.39, 0.29) is 5.56 Å². The van der Waals surface area contributed by atoms with Crippen molar-refractivity contribution < 1.29 is 9.90 Å². The number of nitrogens with zero attached hydrogens (tertiary/aromatic N) is 2. The summed E-state index contributed by atoms with van der Waals surface area (Å²) < 4.78 is 0. The number of aromatic carboxylic acids is 1. The Hall–Kier alpha value is -2.10. The Balaban J connectivity index is 2.73. The highest BCUT2D eigenvalue weighted by molar-refractivity contribution is 5.98. The fourth-order valence-electron chi connectivity index (χ4n) is 1.64. The second-order valence-electron chi connectivity index (χ2n) is 3.77. The molecular weight excluding hydrogens is 204 g/mol. The first kappa shape index (κ1) is 10.4. The van der Waals surface area contributed by atoms with Crippen molar-refractivity contribution in [2.75, 3.05) is 19.0 Å². The zero-order valence-electron chi connectivity index (χ0n) is 9.14. The molecule has 4 nitrogen and oxygen atoms in total. The number of rotatable bonds is 2. The van der Waals surface area contributed by atoms with Gasteiger partial charge in [0.1, 0.15) is 5.82 Å². The van der Waals surface area contributed by atoms with Crippen LogP contribution < -0.4 is 4.90 Å². The van der Waals surface area contributed by atoms with E-state index in [1.165, 1.54) is 0 Å². The Morgan fingerprint density at radius 1 is 1.31 bits per heavy atom. The molecule has 0 saturated carbocycles. The van der Waals surface area contributed by atoms with Crippen molar-refractivity contribution in [1.29, 1.82) is 0 Å². The van der Waals surface area contributed by atoms with Crippen LogP contribution >= 0.6 is 0 Å². The van der Waals surface area contributed by atoms with Gasteiger partial charge in [0.2, 0.25) is 0 Å². The predicted molar refractivity (Wildman–Crippen MR) is 63.0 cm³/mol. The molecule has 1 N–H and O–H groups in total.